The molecule has 3 heteroatoms. The Labute approximate surface area is 112 Å². The Morgan fingerprint density at radius 1 is 0.944 bits per heavy atom. The smallest absolute Gasteiger partial charge is 0.0252 e. The van der Waals surface area contributed by atoms with Gasteiger partial charge < -0.3 is 10.2 Å². The van der Waals surface area contributed by atoms with Gasteiger partial charge in [0.1, 0.15) is 0 Å². The molecule has 3 saturated heterocycles. The minimum Gasteiger partial charge on any atom is -0.310 e. The Hall–Kier alpha value is -0.120. The van der Waals surface area contributed by atoms with Crippen LogP contribution in [0.15, 0.2) is 0 Å². The van der Waals surface area contributed by atoms with Crippen LogP contribution in [0.1, 0.15) is 46.0 Å². The molecule has 3 rings (SSSR count). The van der Waals surface area contributed by atoms with Crippen molar-refractivity contribution in [3.05, 3.63) is 0 Å². The molecule has 0 aromatic carbocycles. The van der Waals surface area contributed by atoms with Crippen LogP contribution in [0.3, 0.4) is 0 Å². The molecule has 0 radical (unpaired) electrons. The summed E-state index contributed by atoms with van der Waals surface area (Å²) in [5.41, 5.74) is 0.295. The molecule has 3 nitrogen and oxygen atoms in total. The molecule has 0 amide bonds. The Morgan fingerprint density at radius 2 is 1.72 bits per heavy atom. The van der Waals surface area contributed by atoms with E-state index in [1.54, 1.807) is 0 Å². The van der Waals surface area contributed by atoms with E-state index >= 15 is 0 Å². The molecule has 0 aromatic rings. The van der Waals surface area contributed by atoms with E-state index in [0.717, 1.165) is 12.1 Å². The second-order valence-corrected chi connectivity index (χ2v) is 7.14. The maximum atomic E-state index is 3.68. The molecule has 3 heterocycles. The van der Waals surface area contributed by atoms with E-state index < -0.39 is 0 Å². The molecule has 0 bridgehead atoms. The molecule has 3 aliphatic heterocycles. The second-order valence-electron chi connectivity index (χ2n) is 7.14. The van der Waals surface area contributed by atoms with Gasteiger partial charge in [-0.2, -0.15) is 0 Å². The molecular formula is C15H29N3. The summed E-state index contributed by atoms with van der Waals surface area (Å²) in [4.78, 5) is 5.52. The average molecular weight is 251 g/mol. The SMILES string of the molecule is CC1(C)CN(C2CCN3CCCC3C2)CCCN1. The molecule has 0 aliphatic carbocycles. The first-order valence-corrected chi connectivity index (χ1v) is 7.87. The van der Waals surface area contributed by atoms with E-state index in [1.807, 2.05) is 0 Å². The zero-order valence-corrected chi connectivity index (χ0v) is 12.1. The molecule has 2 atom stereocenters. The minimum absolute atomic E-state index is 0.295. The van der Waals surface area contributed by atoms with Crippen molar-refractivity contribution < 1.29 is 0 Å². The van der Waals surface area contributed by atoms with Gasteiger partial charge in [0.25, 0.3) is 0 Å². The molecule has 0 saturated carbocycles. The van der Waals surface area contributed by atoms with Crippen LogP contribution in [-0.2, 0) is 0 Å². The number of nitrogens with one attached hydrogen (secondary N) is 1. The van der Waals surface area contributed by atoms with Gasteiger partial charge in [-0.05, 0) is 72.1 Å². The van der Waals surface area contributed by atoms with Crippen molar-refractivity contribution in [3.8, 4) is 0 Å². The fraction of sp³-hybridized carbons (Fsp3) is 1.00. The first kappa shape index (κ1) is 12.9. The van der Waals surface area contributed by atoms with Crippen molar-refractivity contribution in [2.75, 3.05) is 32.7 Å². The van der Waals surface area contributed by atoms with Crippen molar-refractivity contribution in [2.45, 2.75) is 63.6 Å². The number of hydrogen-bond acceptors (Lipinski definition) is 3. The topological polar surface area (TPSA) is 18.5 Å². The summed E-state index contributed by atoms with van der Waals surface area (Å²) in [7, 11) is 0. The summed E-state index contributed by atoms with van der Waals surface area (Å²) in [6, 6.07) is 1.76. The zero-order valence-electron chi connectivity index (χ0n) is 12.1. The summed E-state index contributed by atoms with van der Waals surface area (Å²) in [5, 5.41) is 3.68. The van der Waals surface area contributed by atoms with Gasteiger partial charge in [-0.15, -0.1) is 0 Å². The fourth-order valence-electron chi connectivity index (χ4n) is 4.20. The van der Waals surface area contributed by atoms with Gasteiger partial charge in [0.05, 0.1) is 0 Å². The van der Waals surface area contributed by atoms with E-state index in [1.165, 1.54) is 64.8 Å². The number of piperidine rings is 1. The van der Waals surface area contributed by atoms with Crippen molar-refractivity contribution in [1.82, 2.24) is 15.1 Å². The Kier molecular flexibility index (Phi) is 3.65. The molecule has 18 heavy (non-hydrogen) atoms. The highest BCUT2D eigenvalue weighted by Crippen LogP contribution is 2.30. The minimum atomic E-state index is 0.295. The maximum absolute atomic E-state index is 3.68. The van der Waals surface area contributed by atoms with E-state index in [0.29, 0.717) is 5.54 Å². The Bertz CT molecular complexity index is 289. The zero-order chi connectivity index (χ0) is 12.6. The van der Waals surface area contributed by atoms with Gasteiger partial charge in [0.15, 0.2) is 0 Å². The van der Waals surface area contributed by atoms with Gasteiger partial charge in [-0.1, -0.05) is 0 Å². The third-order valence-corrected chi connectivity index (χ3v) is 5.13. The first-order valence-electron chi connectivity index (χ1n) is 7.87. The molecule has 1 N–H and O–H groups in total. The highest BCUT2D eigenvalue weighted by Gasteiger charge is 2.36. The largest absolute Gasteiger partial charge is 0.310 e. The lowest BCUT2D eigenvalue weighted by atomic mass is 9.94. The van der Waals surface area contributed by atoms with Crippen LogP contribution in [0.2, 0.25) is 0 Å². The summed E-state index contributed by atoms with van der Waals surface area (Å²) >= 11 is 0. The van der Waals surface area contributed by atoms with Gasteiger partial charge in [0.2, 0.25) is 0 Å². The molecule has 0 aromatic heterocycles. The van der Waals surface area contributed by atoms with Gasteiger partial charge in [-0.3, -0.25) is 4.90 Å². The van der Waals surface area contributed by atoms with Gasteiger partial charge in [-0.25, -0.2) is 0 Å². The van der Waals surface area contributed by atoms with E-state index in [4.69, 9.17) is 0 Å². The first-order chi connectivity index (χ1) is 8.64. The van der Waals surface area contributed by atoms with E-state index in [9.17, 15) is 0 Å². The number of nitrogens with zero attached hydrogens (tertiary/aromatic N) is 2. The number of hydrogen-bond donors (Lipinski definition) is 1. The standard InChI is InChI=1S/C15H29N3/c1-15(2)12-18(9-4-7-16-15)14-6-10-17-8-3-5-13(17)11-14/h13-14,16H,3-12H2,1-2H3. The third-order valence-electron chi connectivity index (χ3n) is 5.13. The summed E-state index contributed by atoms with van der Waals surface area (Å²) in [6.07, 6.45) is 7.02. The molecular weight excluding hydrogens is 222 g/mol. The number of fused-ring (bicyclic) bond motifs is 1. The van der Waals surface area contributed by atoms with Crippen LogP contribution < -0.4 is 5.32 Å². The molecule has 104 valence electrons. The van der Waals surface area contributed by atoms with Crippen LogP contribution in [0.4, 0.5) is 0 Å². The average Bonchev–Trinajstić information content (AvgIpc) is 2.72. The molecule has 2 unspecified atom stereocenters. The van der Waals surface area contributed by atoms with Gasteiger partial charge in [0, 0.05) is 24.2 Å². The second kappa shape index (κ2) is 5.10. The van der Waals surface area contributed by atoms with Crippen LogP contribution in [-0.4, -0.2) is 60.1 Å². The van der Waals surface area contributed by atoms with Gasteiger partial charge >= 0.3 is 0 Å². The fourth-order valence-corrected chi connectivity index (χ4v) is 4.20. The molecule has 3 aliphatic rings. The van der Waals surface area contributed by atoms with E-state index in [2.05, 4.69) is 29.0 Å². The third kappa shape index (κ3) is 2.73. The quantitative estimate of drug-likeness (QED) is 0.765. The van der Waals surface area contributed by atoms with Crippen LogP contribution in [0.5, 0.6) is 0 Å². The van der Waals surface area contributed by atoms with Crippen molar-refractivity contribution in [3.63, 3.8) is 0 Å². The molecule has 0 spiro atoms. The van der Waals surface area contributed by atoms with Crippen LogP contribution in [0.25, 0.3) is 0 Å². The summed E-state index contributed by atoms with van der Waals surface area (Å²) in [5.74, 6) is 0. The highest BCUT2D eigenvalue weighted by molar-refractivity contribution is 4.94. The van der Waals surface area contributed by atoms with Crippen LogP contribution >= 0.6 is 0 Å². The van der Waals surface area contributed by atoms with Crippen molar-refractivity contribution >= 4 is 0 Å². The predicted molar refractivity (Wildman–Crippen MR) is 75.9 cm³/mol. The van der Waals surface area contributed by atoms with Crippen molar-refractivity contribution in [2.24, 2.45) is 0 Å². The Morgan fingerprint density at radius 3 is 2.61 bits per heavy atom. The van der Waals surface area contributed by atoms with Crippen LogP contribution in [0, 0.1) is 0 Å². The lowest BCUT2D eigenvalue weighted by Crippen LogP contribution is -2.52. The summed E-state index contributed by atoms with van der Waals surface area (Å²) < 4.78 is 0. The maximum Gasteiger partial charge on any atom is 0.0252 e. The Balaban J connectivity index is 1.63. The van der Waals surface area contributed by atoms with Crippen molar-refractivity contribution in [1.29, 1.82) is 0 Å². The lowest BCUT2D eigenvalue weighted by Gasteiger charge is -2.42. The normalized spacial score (nSPS) is 38.3. The van der Waals surface area contributed by atoms with E-state index in [-0.39, 0.29) is 0 Å². The monoisotopic (exact) mass is 251 g/mol. The predicted octanol–water partition coefficient (Wildman–Crippen LogP) is 1.69. The summed E-state index contributed by atoms with van der Waals surface area (Å²) in [6.45, 7) is 11.1. The number of rotatable bonds is 1. The lowest BCUT2D eigenvalue weighted by molar-refractivity contribution is 0.0784. The highest BCUT2D eigenvalue weighted by atomic mass is 15.2. The molecule has 3 fully saturated rings.